The number of halogens is 1. The van der Waals surface area contributed by atoms with Gasteiger partial charge in [0.2, 0.25) is 5.82 Å². The monoisotopic (exact) mass is 397 g/mol. The third kappa shape index (κ3) is 2.72. The summed E-state index contributed by atoms with van der Waals surface area (Å²) in [4.78, 5) is 19.4. The standard InChI is InChI=1S/C18H12BrN3O3/c1-9-2-7-13-12(8-9)15(23)14(17(24)20-13)18-21-16(22-25-18)10-3-5-11(19)6-4-10/h2-8H,1H3,(H2,20,23,24). The predicted molar refractivity (Wildman–Crippen MR) is 97.4 cm³/mol. The van der Waals surface area contributed by atoms with Gasteiger partial charge < -0.3 is 14.6 Å². The van der Waals surface area contributed by atoms with Gasteiger partial charge in [-0.3, -0.25) is 4.79 Å². The molecule has 4 rings (SSSR count). The molecule has 2 N–H and O–H groups in total. The van der Waals surface area contributed by atoms with E-state index in [-0.39, 0.29) is 17.2 Å². The molecule has 6 nitrogen and oxygen atoms in total. The summed E-state index contributed by atoms with van der Waals surface area (Å²) in [6, 6.07) is 12.8. The zero-order valence-corrected chi connectivity index (χ0v) is 14.7. The first-order valence-electron chi connectivity index (χ1n) is 7.48. The molecule has 25 heavy (non-hydrogen) atoms. The van der Waals surface area contributed by atoms with Crippen LogP contribution in [0.1, 0.15) is 5.56 Å². The van der Waals surface area contributed by atoms with Crippen LogP contribution in [-0.4, -0.2) is 20.2 Å². The highest BCUT2D eigenvalue weighted by Crippen LogP contribution is 2.32. The first-order valence-corrected chi connectivity index (χ1v) is 8.28. The fourth-order valence-corrected chi connectivity index (χ4v) is 2.89. The molecular weight excluding hydrogens is 386 g/mol. The fourth-order valence-electron chi connectivity index (χ4n) is 2.63. The van der Waals surface area contributed by atoms with Gasteiger partial charge in [0, 0.05) is 15.4 Å². The number of hydrogen-bond donors (Lipinski definition) is 2. The van der Waals surface area contributed by atoms with E-state index in [2.05, 4.69) is 31.1 Å². The van der Waals surface area contributed by atoms with Gasteiger partial charge in [-0.25, -0.2) is 0 Å². The Labute approximate surface area is 150 Å². The normalized spacial score (nSPS) is 11.1. The summed E-state index contributed by atoms with van der Waals surface area (Å²) in [5.74, 6) is 0.138. The van der Waals surface area contributed by atoms with Crippen LogP contribution in [0.4, 0.5) is 0 Å². The SMILES string of the molecule is Cc1ccc2[nH]c(=O)c(-c3nc(-c4ccc(Br)cc4)no3)c(O)c2c1. The summed E-state index contributed by atoms with van der Waals surface area (Å²) in [6.07, 6.45) is 0. The van der Waals surface area contributed by atoms with Crippen molar-refractivity contribution >= 4 is 26.8 Å². The van der Waals surface area contributed by atoms with E-state index in [1.165, 1.54) is 0 Å². The fraction of sp³-hybridized carbons (Fsp3) is 0.0556. The van der Waals surface area contributed by atoms with E-state index in [1.54, 1.807) is 12.1 Å². The number of aromatic nitrogens is 3. The Balaban J connectivity index is 1.88. The summed E-state index contributed by atoms with van der Waals surface area (Å²) < 4.78 is 6.15. The Morgan fingerprint density at radius 1 is 1.16 bits per heavy atom. The summed E-state index contributed by atoms with van der Waals surface area (Å²) in [5.41, 5.74) is 1.73. The van der Waals surface area contributed by atoms with Crippen LogP contribution >= 0.6 is 15.9 Å². The van der Waals surface area contributed by atoms with Crippen molar-refractivity contribution < 1.29 is 9.63 Å². The molecule has 7 heteroatoms. The van der Waals surface area contributed by atoms with Crippen molar-refractivity contribution in [1.82, 2.24) is 15.1 Å². The Morgan fingerprint density at radius 3 is 2.68 bits per heavy atom. The molecule has 2 aromatic carbocycles. The van der Waals surface area contributed by atoms with Gasteiger partial charge in [-0.05, 0) is 43.3 Å². The van der Waals surface area contributed by atoms with Crippen molar-refractivity contribution in [3.63, 3.8) is 0 Å². The second kappa shape index (κ2) is 5.86. The number of H-pyrrole nitrogens is 1. The van der Waals surface area contributed by atoms with Crippen molar-refractivity contribution in [2.45, 2.75) is 6.92 Å². The third-order valence-corrected chi connectivity index (χ3v) is 4.41. The minimum Gasteiger partial charge on any atom is -0.506 e. The van der Waals surface area contributed by atoms with Gasteiger partial charge in [-0.2, -0.15) is 4.98 Å². The van der Waals surface area contributed by atoms with Crippen LogP contribution in [0.3, 0.4) is 0 Å². The lowest BCUT2D eigenvalue weighted by Gasteiger charge is -2.05. The Bertz CT molecular complexity index is 1150. The first-order chi connectivity index (χ1) is 12.0. The number of pyridine rings is 1. The molecule has 0 spiro atoms. The number of benzene rings is 2. The zero-order chi connectivity index (χ0) is 17.6. The van der Waals surface area contributed by atoms with E-state index in [0.29, 0.717) is 16.7 Å². The lowest BCUT2D eigenvalue weighted by Crippen LogP contribution is -2.09. The van der Waals surface area contributed by atoms with Crippen LogP contribution in [0, 0.1) is 6.92 Å². The molecule has 0 unspecified atom stereocenters. The van der Waals surface area contributed by atoms with Crippen molar-refractivity contribution in [2.75, 3.05) is 0 Å². The van der Waals surface area contributed by atoms with Gasteiger partial charge in [0.1, 0.15) is 11.3 Å². The molecule has 0 atom stereocenters. The largest absolute Gasteiger partial charge is 0.506 e. The highest BCUT2D eigenvalue weighted by atomic mass is 79.9. The molecule has 0 radical (unpaired) electrons. The van der Waals surface area contributed by atoms with Crippen molar-refractivity contribution in [1.29, 1.82) is 0 Å². The summed E-state index contributed by atoms with van der Waals surface area (Å²) in [6.45, 7) is 1.90. The molecule has 0 aliphatic rings. The summed E-state index contributed by atoms with van der Waals surface area (Å²) >= 11 is 3.36. The second-order valence-electron chi connectivity index (χ2n) is 5.66. The van der Waals surface area contributed by atoms with E-state index in [4.69, 9.17) is 4.52 Å². The molecule has 0 fully saturated rings. The van der Waals surface area contributed by atoms with Crippen LogP contribution in [0.25, 0.3) is 33.7 Å². The van der Waals surface area contributed by atoms with Crippen molar-refractivity contribution in [3.8, 4) is 28.6 Å². The zero-order valence-electron chi connectivity index (χ0n) is 13.1. The van der Waals surface area contributed by atoms with E-state index in [0.717, 1.165) is 15.6 Å². The van der Waals surface area contributed by atoms with Crippen LogP contribution in [-0.2, 0) is 0 Å². The van der Waals surface area contributed by atoms with Crippen LogP contribution in [0.5, 0.6) is 5.75 Å². The molecule has 0 aliphatic carbocycles. The number of aryl methyl sites for hydroxylation is 1. The van der Waals surface area contributed by atoms with Crippen LogP contribution < -0.4 is 5.56 Å². The Hall–Kier alpha value is -2.93. The maximum Gasteiger partial charge on any atom is 0.267 e. The lowest BCUT2D eigenvalue weighted by molar-refractivity contribution is 0.426. The number of rotatable bonds is 2. The minimum absolute atomic E-state index is 0.0277. The second-order valence-corrected chi connectivity index (χ2v) is 6.57. The number of hydrogen-bond acceptors (Lipinski definition) is 5. The van der Waals surface area contributed by atoms with Gasteiger partial charge in [-0.1, -0.05) is 32.7 Å². The third-order valence-electron chi connectivity index (χ3n) is 3.88. The Morgan fingerprint density at radius 2 is 1.92 bits per heavy atom. The minimum atomic E-state index is -0.486. The quantitative estimate of drug-likeness (QED) is 0.532. The highest BCUT2D eigenvalue weighted by molar-refractivity contribution is 9.10. The summed E-state index contributed by atoms with van der Waals surface area (Å²) in [5, 5.41) is 15.0. The molecule has 2 aromatic heterocycles. The van der Waals surface area contributed by atoms with Gasteiger partial charge >= 0.3 is 0 Å². The van der Waals surface area contributed by atoms with Gasteiger partial charge in [0.25, 0.3) is 11.4 Å². The topological polar surface area (TPSA) is 92.0 Å². The maximum absolute atomic E-state index is 12.4. The van der Waals surface area contributed by atoms with Crippen LogP contribution in [0.2, 0.25) is 0 Å². The van der Waals surface area contributed by atoms with E-state index in [1.807, 2.05) is 37.3 Å². The smallest absolute Gasteiger partial charge is 0.267 e. The number of fused-ring (bicyclic) bond motifs is 1. The predicted octanol–water partition coefficient (Wildman–Crippen LogP) is 4.02. The molecule has 0 bridgehead atoms. The van der Waals surface area contributed by atoms with Gasteiger partial charge in [-0.15, -0.1) is 0 Å². The molecule has 0 amide bonds. The molecule has 0 aliphatic heterocycles. The van der Waals surface area contributed by atoms with E-state index >= 15 is 0 Å². The number of aromatic amines is 1. The molecule has 124 valence electrons. The highest BCUT2D eigenvalue weighted by Gasteiger charge is 2.20. The number of nitrogens with one attached hydrogen (secondary N) is 1. The average molecular weight is 398 g/mol. The molecule has 0 saturated carbocycles. The first kappa shape index (κ1) is 15.6. The van der Waals surface area contributed by atoms with Gasteiger partial charge in [0.15, 0.2) is 0 Å². The summed E-state index contributed by atoms with van der Waals surface area (Å²) in [7, 11) is 0. The molecule has 0 saturated heterocycles. The lowest BCUT2D eigenvalue weighted by atomic mass is 10.1. The Kier molecular flexibility index (Phi) is 3.65. The van der Waals surface area contributed by atoms with Gasteiger partial charge in [0.05, 0.1) is 5.52 Å². The number of nitrogens with zero attached hydrogens (tertiary/aromatic N) is 2. The van der Waals surface area contributed by atoms with E-state index < -0.39 is 5.56 Å². The average Bonchev–Trinajstić information content (AvgIpc) is 3.06. The molecule has 2 heterocycles. The molecule has 4 aromatic rings. The van der Waals surface area contributed by atoms with Crippen molar-refractivity contribution in [2.24, 2.45) is 0 Å². The number of aromatic hydroxyl groups is 1. The molecular formula is C18H12BrN3O3. The van der Waals surface area contributed by atoms with Crippen LogP contribution in [0.15, 0.2) is 56.3 Å². The van der Waals surface area contributed by atoms with Crippen molar-refractivity contribution in [3.05, 3.63) is 62.9 Å². The van der Waals surface area contributed by atoms with E-state index in [9.17, 15) is 9.90 Å². The maximum atomic E-state index is 12.4.